The van der Waals surface area contributed by atoms with Crippen LogP contribution in [0, 0.1) is 31.6 Å². The van der Waals surface area contributed by atoms with Gasteiger partial charge < -0.3 is 4.74 Å². The average molecular weight is 244 g/mol. The molecular weight excluding hydrogens is 220 g/mol. The maximum Gasteiger partial charge on any atom is 0.122 e. The Bertz CT molecular complexity index is 462. The summed E-state index contributed by atoms with van der Waals surface area (Å²) in [6, 6.07) is 4.37. The number of aryl methyl sites for hydroxylation is 2. The molecule has 98 valence electrons. The molecule has 0 heterocycles. The standard InChI is InChI=1S/C17H24O/c1-7-8-9-12(2)15(5)16-10-14(4)17(18-6)11-13(16)3/h10-12,15H,7H2,1-6H3. The van der Waals surface area contributed by atoms with Gasteiger partial charge in [-0.05, 0) is 42.5 Å². The topological polar surface area (TPSA) is 9.23 Å². The van der Waals surface area contributed by atoms with Crippen LogP contribution in [-0.4, -0.2) is 7.11 Å². The molecule has 2 atom stereocenters. The summed E-state index contributed by atoms with van der Waals surface area (Å²) in [7, 11) is 1.72. The second-order valence-corrected chi connectivity index (χ2v) is 4.93. The van der Waals surface area contributed by atoms with E-state index in [9.17, 15) is 0 Å². The lowest BCUT2D eigenvalue weighted by atomic mass is 9.85. The third-order valence-electron chi connectivity index (χ3n) is 3.53. The molecule has 0 aromatic heterocycles. The van der Waals surface area contributed by atoms with Crippen molar-refractivity contribution in [2.75, 3.05) is 7.11 Å². The lowest BCUT2D eigenvalue weighted by Crippen LogP contribution is -2.07. The molecule has 0 saturated heterocycles. The lowest BCUT2D eigenvalue weighted by Gasteiger charge is -2.20. The fourth-order valence-corrected chi connectivity index (χ4v) is 2.18. The van der Waals surface area contributed by atoms with Crippen LogP contribution in [0.15, 0.2) is 12.1 Å². The highest BCUT2D eigenvalue weighted by molar-refractivity contribution is 5.43. The Labute approximate surface area is 112 Å². The van der Waals surface area contributed by atoms with Crippen molar-refractivity contribution in [2.45, 2.75) is 47.0 Å². The molecule has 0 spiro atoms. The fourth-order valence-electron chi connectivity index (χ4n) is 2.18. The molecule has 0 aliphatic carbocycles. The second kappa shape index (κ2) is 6.50. The molecule has 0 aliphatic heterocycles. The first kappa shape index (κ1) is 14.6. The van der Waals surface area contributed by atoms with Gasteiger partial charge in [-0.1, -0.05) is 32.8 Å². The van der Waals surface area contributed by atoms with Gasteiger partial charge in [0.2, 0.25) is 0 Å². The van der Waals surface area contributed by atoms with E-state index in [1.807, 2.05) is 0 Å². The molecule has 0 aliphatic rings. The Balaban J connectivity index is 3.06. The van der Waals surface area contributed by atoms with Gasteiger partial charge in [0.05, 0.1) is 7.11 Å². The van der Waals surface area contributed by atoms with Gasteiger partial charge in [-0.3, -0.25) is 0 Å². The van der Waals surface area contributed by atoms with Crippen LogP contribution in [0.3, 0.4) is 0 Å². The molecular formula is C17H24O. The SMILES string of the molecule is CCC#CC(C)C(C)c1cc(C)c(OC)cc1C. The van der Waals surface area contributed by atoms with Crippen LogP contribution in [0.5, 0.6) is 5.75 Å². The fraction of sp³-hybridized carbons (Fsp3) is 0.529. The predicted molar refractivity (Wildman–Crippen MR) is 78.1 cm³/mol. The molecule has 1 heteroatoms. The highest BCUT2D eigenvalue weighted by atomic mass is 16.5. The smallest absolute Gasteiger partial charge is 0.122 e. The minimum atomic E-state index is 0.386. The van der Waals surface area contributed by atoms with Crippen LogP contribution in [0.25, 0.3) is 0 Å². The number of methoxy groups -OCH3 is 1. The molecule has 1 aromatic carbocycles. The summed E-state index contributed by atoms with van der Waals surface area (Å²) >= 11 is 0. The van der Waals surface area contributed by atoms with E-state index in [-0.39, 0.29) is 0 Å². The monoisotopic (exact) mass is 244 g/mol. The average Bonchev–Trinajstić information content (AvgIpc) is 2.37. The summed E-state index contributed by atoms with van der Waals surface area (Å²) in [6.45, 7) is 10.8. The van der Waals surface area contributed by atoms with E-state index in [2.05, 4.69) is 58.6 Å². The third-order valence-corrected chi connectivity index (χ3v) is 3.53. The van der Waals surface area contributed by atoms with E-state index < -0.39 is 0 Å². The minimum Gasteiger partial charge on any atom is -0.496 e. The van der Waals surface area contributed by atoms with Crippen LogP contribution in [0.1, 0.15) is 49.8 Å². The van der Waals surface area contributed by atoms with Gasteiger partial charge in [-0.15, -0.1) is 5.92 Å². The van der Waals surface area contributed by atoms with Crippen molar-refractivity contribution in [3.05, 3.63) is 28.8 Å². The molecule has 1 rings (SSSR count). The Morgan fingerprint density at radius 1 is 1.17 bits per heavy atom. The summed E-state index contributed by atoms with van der Waals surface area (Å²) in [4.78, 5) is 0. The Kier molecular flexibility index (Phi) is 5.28. The van der Waals surface area contributed by atoms with E-state index in [0.29, 0.717) is 11.8 Å². The molecule has 18 heavy (non-hydrogen) atoms. The van der Waals surface area contributed by atoms with Crippen LogP contribution in [0.4, 0.5) is 0 Å². The summed E-state index contributed by atoms with van der Waals surface area (Å²) in [5.41, 5.74) is 3.86. The zero-order valence-corrected chi connectivity index (χ0v) is 12.4. The summed E-state index contributed by atoms with van der Waals surface area (Å²) in [5, 5.41) is 0. The zero-order chi connectivity index (χ0) is 13.7. The van der Waals surface area contributed by atoms with Gasteiger partial charge >= 0.3 is 0 Å². The number of benzene rings is 1. The Morgan fingerprint density at radius 3 is 2.39 bits per heavy atom. The first-order chi connectivity index (χ1) is 8.51. The molecule has 1 aromatic rings. The summed E-state index contributed by atoms with van der Waals surface area (Å²) in [5.74, 6) is 8.31. The normalized spacial score (nSPS) is 13.4. The van der Waals surface area contributed by atoms with Gasteiger partial charge in [-0.2, -0.15) is 0 Å². The van der Waals surface area contributed by atoms with E-state index >= 15 is 0 Å². The lowest BCUT2D eigenvalue weighted by molar-refractivity contribution is 0.411. The van der Waals surface area contributed by atoms with Crippen molar-refractivity contribution in [2.24, 2.45) is 5.92 Å². The molecule has 2 unspecified atom stereocenters. The first-order valence-electron chi connectivity index (χ1n) is 6.64. The third kappa shape index (κ3) is 3.29. The van der Waals surface area contributed by atoms with Crippen molar-refractivity contribution < 1.29 is 4.74 Å². The molecule has 0 fully saturated rings. The maximum absolute atomic E-state index is 5.36. The van der Waals surface area contributed by atoms with E-state index in [1.165, 1.54) is 16.7 Å². The van der Waals surface area contributed by atoms with Gasteiger partial charge in [0.15, 0.2) is 0 Å². The van der Waals surface area contributed by atoms with Gasteiger partial charge in [-0.25, -0.2) is 0 Å². The largest absolute Gasteiger partial charge is 0.496 e. The number of rotatable bonds is 3. The number of hydrogen-bond donors (Lipinski definition) is 0. The van der Waals surface area contributed by atoms with Crippen LogP contribution in [0.2, 0.25) is 0 Å². The number of hydrogen-bond acceptors (Lipinski definition) is 1. The minimum absolute atomic E-state index is 0.386. The summed E-state index contributed by atoms with van der Waals surface area (Å²) in [6.07, 6.45) is 0.928. The maximum atomic E-state index is 5.36. The van der Waals surface area contributed by atoms with Crippen molar-refractivity contribution >= 4 is 0 Å². The highest BCUT2D eigenvalue weighted by Gasteiger charge is 2.16. The predicted octanol–water partition coefficient (Wildman–Crippen LogP) is 4.47. The second-order valence-electron chi connectivity index (χ2n) is 4.93. The molecule has 0 amide bonds. The van der Waals surface area contributed by atoms with Gasteiger partial charge in [0.25, 0.3) is 0 Å². The van der Waals surface area contributed by atoms with Crippen molar-refractivity contribution in [1.82, 2.24) is 0 Å². The molecule has 0 N–H and O–H groups in total. The van der Waals surface area contributed by atoms with Crippen LogP contribution in [-0.2, 0) is 0 Å². The van der Waals surface area contributed by atoms with E-state index in [0.717, 1.165) is 12.2 Å². The van der Waals surface area contributed by atoms with Crippen LogP contribution < -0.4 is 4.74 Å². The Morgan fingerprint density at radius 2 is 1.83 bits per heavy atom. The molecule has 0 radical (unpaired) electrons. The number of ether oxygens (including phenoxy) is 1. The Hall–Kier alpha value is -1.42. The van der Waals surface area contributed by atoms with Crippen molar-refractivity contribution in [3.63, 3.8) is 0 Å². The molecule has 1 nitrogen and oxygen atoms in total. The summed E-state index contributed by atoms with van der Waals surface area (Å²) < 4.78 is 5.36. The van der Waals surface area contributed by atoms with E-state index in [1.54, 1.807) is 7.11 Å². The molecule has 0 bridgehead atoms. The highest BCUT2D eigenvalue weighted by Crippen LogP contribution is 2.31. The van der Waals surface area contributed by atoms with Gasteiger partial charge in [0.1, 0.15) is 5.75 Å². The van der Waals surface area contributed by atoms with Gasteiger partial charge in [0, 0.05) is 12.3 Å². The molecule has 0 saturated carbocycles. The van der Waals surface area contributed by atoms with Crippen molar-refractivity contribution in [1.29, 1.82) is 0 Å². The van der Waals surface area contributed by atoms with E-state index in [4.69, 9.17) is 4.74 Å². The quantitative estimate of drug-likeness (QED) is 0.713. The van der Waals surface area contributed by atoms with Crippen LogP contribution >= 0.6 is 0 Å². The van der Waals surface area contributed by atoms with Crippen molar-refractivity contribution in [3.8, 4) is 17.6 Å². The first-order valence-corrected chi connectivity index (χ1v) is 6.64. The zero-order valence-electron chi connectivity index (χ0n) is 12.4.